The number of H-pyrrole nitrogens is 1. The van der Waals surface area contributed by atoms with Gasteiger partial charge in [0.15, 0.2) is 17.4 Å². The molecule has 0 saturated heterocycles. The number of aromatic nitrogens is 1. The number of nitrogens with two attached hydrogens (primary N) is 1. The van der Waals surface area contributed by atoms with Gasteiger partial charge in [-0.15, -0.1) is 0 Å². The van der Waals surface area contributed by atoms with E-state index < -0.39 is 5.54 Å². The molecular formula is C22H27N3O3. The molecule has 0 aliphatic rings. The van der Waals surface area contributed by atoms with Crippen LogP contribution < -0.4 is 15.2 Å². The van der Waals surface area contributed by atoms with E-state index in [0.717, 1.165) is 27.9 Å². The van der Waals surface area contributed by atoms with Crippen molar-refractivity contribution in [3.05, 3.63) is 47.5 Å². The first-order chi connectivity index (χ1) is 13.3. The van der Waals surface area contributed by atoms with E-state index in [9.17, 15) is 5.11 Å². The lowest BCUT2D eigenvalue weighted by Crippen LogP contribution is -2.28. The van der Waals surface area contributed by atoms with Gasteiger partial charge in [0, 0.05) is 17.0 Å². The predicted octanol–water partition coefficient (Wildman–Crippen LogP) is 4.62. The molecule has 1 aromatic heterocycles. The van der Waals surface area contributed by atoms with Crippen molar-refractivity contribution in [1.82, 2.24) is 4.98 Å². The first-order valence-corrected chi connectivity index (χ1v) is 9.22. The molecule has 148 valence electrons. The largest absolute Gasteiger partial charge is 0.494 e. The topological polar surface area (TPSA) is 92.9 Å². The normalized spacial score (nSPS) is 12.4. The van der Waals surface area contributed by atoms with Crippen LogP contribution in [0, 0.1) is 0 Å². The number of methoxy groups -OCH3 is 2. The Morgan fingerprint density at radius 2 is 1.71 bits per heavy atom. The zero-order chi connectivity index (χ0) is 20.5. The van der Waals surface area contributed by atoms with Crippen molar-refractivity contribution in [2.24, 2.45) is 10.7 Å². The van der Waals surface area contributed by atoms with Crippen molar-refractivity contribution in [3.63, 3.8) is 0 Å². The lowest BCUT2D eigenvalue weighted by atomic mass is 9.95. The highest BCUT2D eigenvalue weighted by Gasteiger charge is 2.19. The third-order valence-corrected chi connectivity index (χ3v) is 4.78. The van der Waals surface area contributed by atoms with Crippen molar-refractivity contribution in [2.45, 2.75) is 32.7 Å². The number of nitrogens with one attached hydrogen (secondary N) is 1. The SMILES string of the molecule is CCC(=Nc1ccc(C(C)(C)N)cc1)c1c(O)[nH]c2cc(OC)c(OC)cc12. The quantitative estimate of drug-likeness (QED) is 0.543. The maximum absolute atomic E-state index is 10.6. The van der Waals surface area contributed by atoms with Gasteiger partial charge >= 0.3 is 0 Å². The molecule has 28 heavy (non-hydrogen) atoms. The number of rotatable bonds is 6. The maximum Gasteiger partial charge on any atom is 0.198 e. The van der Waals surface area contributed by atoms with Gasteiger partial charge in [-0.1, -0.05) is 19.1 Å². The number of benzene rings is 2. The summed E-state index contributed by atoms with van der Waals surface area (Å²) >= 11 is 0. The molecule has 0 bridgehead atoms. The van der Waals surface area contributed by atoms with Crippen LogP contribution in [-0.2, 0) is 5.54 Å². The molecule has 0 aliphatic carbocycles. The molecule has 3 rings (SSSR count). The van der Waals surface area contributed by atoms with E-state index in [2.05, 4.69) is 4.98 Å². The summed E-state index contributed by atoms with van der Waals surface area (Å²) in [5.74, 6) is 1.27. The summed E-state index contributed by atoms with van der Waals surface area (Å²) in [7, 11) is 3.17. The summed E-state index contributed by atoms with van der Waals surface area (Å²) in [5.41, 5.74) is 9.79. The molecule has 0 aliphatic heterocycles. The minimum Gasteiger partial charge on any atom is -0.494 e. The zero-order valence-electron chi connectivity index (χ0n) is 17.0. The first-order valence-electron chi connectivity index (χ1n) is 9.22. The van der Waals surface area contributed by atoms with Gasteiger partial charge in [0.2, 0.25) is 0 Å². The van der Waals surface area contributed by atoms with Crippen molar-refractivity contribution in [2.75, 3.05) is 14.2 Å². The fraction of sp³-hybridized carbons (Fsp3) is 0.318. The van der Waals surface area contributed by atoms with Crippen molar-refractivity contribution < 1.29 is 14.6 Å². The number of hydrogen-bond donors (Lipinski definition) is 3. The standard InChI is InChI=1S/C22H27N3O3/c1-6-16(24-14-9-7-13(8-10-14)22(2,3)23)20-15-11-18(27-4)19(28-5)12-17(15)25-21(20)26/h7-12,25-26H,6,23H2,1-5H3. The zero-order valence-corrected chi connectivity index (χ0v) is 17.0. The van der Waals surface area contributed by atoms with E-state index in [1.807, 2.05) is 57.2 Å². The number of fused-ring (bicyclic) bond motifs is 1. The van der Waals surface area contributed by atoms with Crippen LogP contribution in [0.5, 0.6) is 17.4 Å². The van der Waals surface area contributed by atoms with Crippen molar-refractivity contribution in [1.29, 1.82) is 0 Å². The van der Waals surface area contributed by atoms with Crippen LogP contribution in [0.2, 0.25) is 0 Å². The Morgan fingerprint density at radius 3 is 2.25 bits per heavy atom. The third kappa shape index (κ3) is 3.68. The number of aromatic amines is 1. The van der Waals surface area contributed by atoms with Gasteiger partial charge in [-0.3, -0.25) is 4.99 Å². The molecule has 1 heterocycles. The number of aromatic hydroxyl groups is 1. The van der Waals surface area contributed by atoms with Crippen LogP contribution in [0.1, 0.15) is 38.3 Å². The first kappa shape index (κ1) is 19.8. The van der Waals surface area contributed by atoms with E-state index >= 15 is 0 Å². The highest BCUT2D eigenvalue weighted by Crippen LogP contribution is 2.37. The summed E-state index contributed by atoms with van der Waals surface area (Å²) in [6.45, 7) is 5.94. The molecule has 0 spiro atoms. The molecule has 6 nitrogen and oxygen atoms in total. The van der Waals surface area contributed by atoms with E-state index in [-0.39, 0.29) is 5.88 Å². The Balaban J connectivity index is 2.10. The van der Waals surface area contributed by atoms with Gasteiger partial charge in [-0.05, 0) is 44.0 Å². The van der Waals surface area contributed by atoms with Crippen molar-refractivity contribution in [3.8, 4) is 17.4 Å². The van der Waals surface area contributed by atoms with E-state index in [1.165, 1.54) is 0 Å². The van der Waals surface area contributed by atoms with E-state index in [1.54, 1.807) is 14.2 Å². The van der Waals surface area contributed by atoms with Crippen LogP contribution in [0.15, 0.2) is 41.4 Å². The summed E-state index contributed by atoms with van der Waals surface area (Å²) in [5, 5.41) is 11.4. The molecule has 0 amide bonds. The van der Waals surface area contributed by atoms with Crippen LogP contribution in [0.3, 0.4) is 0 Å². The van der Waals surface area contributed by atoms with Gasteiger partial charge in [-0.25, -0.2) is 0 Å². The smallest absolute Gasteiger partial charge is 0.198 e. The molecule has 6 heteroatoms. The predicted molar refractivity (Wildman–Crippen MR) is 113 cm³/mol. The van der Waals surface area contributed by atoms with Crippen LogP contribution in [0.4, 0.5) is 5.69 Å². The monoisotopic (exact) mass is 381 g/mol. The fourth-order valence-electron chi connectivity index (χ4n) is 3.23. The lowest BCUT2D eigenvalue weighted by molar-refractivity contribution is 0.356. The number of nitrogens with zero attached hydrogens (tertiary/aromatic N) is 1. The third-order valence-electron chi connectivity index (χ3n) is 4.78. The lowest BCUT2D eigenvalue weighted by Gasteiger charge is -2.18. The van der Waals surface area contributed by atoms with E-state index in [0.29, 0.717) is 23.5 Å². The summed E-state index contributed by atoms with van der Waals surface area (Å²) in [4.78, 5) is 7.78. The Hall–Kier alpha value is -2.99. The Kier molecular flexibility index (Phi) is 5.34. The minimum absolute atomic E-state index is 0.0746. The van der Waals surface area contributed by atoms with Crippen LogP contribution in [0.25, 0.3) is 10.9 Å². The highest BCUT2D eigenvalue weighted by atomic mass is 16.5. The molecule has 0 fully saturated rings. The van der Waals surface area contributed by atoms with Crippen molar-refractivity contribution >= 4 is 22.3 Å². The number of ether oxygens (including phenoxy) is 2. The Morgan fingerprint density at radius 1 is 1.11 bits per heavy atom. The van der Waals surface area contributed by atoms with Gasteiger partial charge in [-0.2, -0.15) is 0 Å². The number of hydrogen-bond acceptors (Lipinski definition) is 5. The fourth-order valence-corrected chi connectivity index (χ4v) is 3.23. The maximum atomic E-state index is 10.6. The van der Waals surface area contributed by atoms with Crippen LogP contribution >= 0.6 is 0 Å². The van der Waals surface area contributed by atoms with Crippen LogP contribution in [-0.4, -0.2) is 30.0 Å². The molecule has 0 radical (unpaired) electrons. The number of aliphatic imine (C=N–C) groups is 1. The minimum atomic E-state index is -0.402. The molecular weight excluding hydrogens is 354 g/mol. The molecule has 3 aromatic rings. The highest BCUT2D eigenvalue weighted by molar-refractivity contribution is 6.14. The van der Waals surface area contributed by atoms with Gasteiger partial charge in [0.25, 0.3) is 0 Å². The van der Waals surface area contributed by atoms with Gasteiger partial charge < -0.3 is 25.3 Å². The molecule has 4 N–H and O–H groups in total. The second kappa shape index (κ2) is 7.56. The molecule has 2 aromatic carbocycles. The molecule has 0 saturated carbocycles. The average molecular weight is 381 g/mol. The Bertz CT molecular complexity index is 1010. The Labute approximate surface area is 165 Å². The second-order valence-electron chi connectivity index (χ2n) is 7.28. The average Bonchev–Trinajstić information content (AvgIpc) is 2.99. The van der Waals surface area contributed by atoms with Gasteiger partial charge in [0.1, 0.15) is 0 Å². The summed E-state index contributed by atoms with van der Waals surface area (Å²) in [6, 6.07) is 11.5. The summed E-state index contributed by atoms with van der Waals surface area (Å²) < 4.78 is 10.8. The molecule has 0 atom stereocenters. The summed E-state index contributed by atoms with van der Waals surface area (Å²) in [6.07, 6.45) is 0.652. The molecule has 0 unspecified atom stereocenters. The van der Waals surface area contributed by atoms with Gasteiger partial charge in [0.05, 0.1) is 36.7 Å². The second-order valence-corrected chi connectivity index (χ2v) is 7.28. The van der Waals surface area contributed by atoms with E-state index in [4.69, 9.17) is 20.2 Å².